The molecule has 0 bridgehead atoms. The molecule has 2 aromatic rings. The van der Waals surface area contributed by atoms with E-state index in [9.17, 15) is 14.9 Å². The minimum atomic E-state index is -0.574. The second kappa shape index (κ2) is 6.47. The van der Waals surface area contributed by atoms with Gasteiger partial charge in [-0.1, -0.05) is 18.0 Å². The van der Waals surface area contributed by atoms with Crippen LogP contribution in [0.1, 0.15) is 37.4 Å². The summed E-state index contributed by atoms with van der Waals surface area (Å²) in [6.45, 7) is -0.0242. The van der Waals surface area contributed by atoms with Gasteiger partial charge in [-0.3, -0.25) is 19.5 Å². The molecule has 1 fully saturated rings. The maximum Gasteiger partial charge on any atom is 0.285 e. The van der Waals surface area contributed by atoms with Gasteiger partial charge in [0.25, 0.3) is 11.2 Å². The second-order valence-corrected chi connectivity index (χ2v) is 5.49. The van der Waals surface area contributed by atoms with E-state index in [1.54, 1.807) is 0 Å². The van der Waals surface area contributed by atoms with Crippen LogP contribution < -0.4 is 11.3 Å². The van der Waals surface area contributed by atoms with Gasteiger partial charge in [-0.05, 0) is 12.8 Å². The normalized spacial score (nSPS) is 16.0. The summed E-state index contributed by atoms with van der Waals surface area (Å²) in [5, 5.41) is 14.7. The van der Waals surface area contributed by atoms with Gasteiger partial charge in [-0.25, -0.2) is 0 Å². The first-order chi connectivity index (χ1) is 10.5. The largest absolute Gasteiger partial charge is 0.337 e. The van der Waals surface area contributed by atoms with Crippen LogP contribution in [0.25, 0.3) is 0 Å². The molecule has 0 spiro atoms. The zero-order chi connectivity index (χ0) is 15.7. The Hall–Kier alpha value is -2.26. The third kappa shape index (κ3) is 3.40. The lowest BCUT2D eigenvalue weighted by atomic mass is 9.99. The van der Waals surface area contributed by atoms with Crippen molar-refractivity contribution >= 4 is 18.1 Å². The lowest BCUT2D eigenvalue weighted by Crippen LogP contribution is -2.34. The van der Waals surface area contributed by atoms with E-state index in [-0.39, 0.29) is 36.1 Å². The Morgan fingerprint density at radius 2 is 2.09 bits per heavy atom. The first-order valence-corrected chi connectivity index (χ1v) is 6.95. The van der Waals surface area contributed by atoms with Gasteiger partial charge in [-0.15, -0.1) is 12.4 Å². The summed E-state index contributed by atoms with van der Waals surface area (Å²) in [6.07, 6.45) is 4.78. The molecular formula is C13H16ClN5O4. The number of halogens is 1. The molecule has 124 valence electrons. The fourth-order valence-corrected chi connectivity index (χ4v) is 2.65. The maximum atomic E-state index is 11.8. The van der Waals surface area contributed by atoms with Crippen LogP contribution in [-0.4, -0.2) is 19.6 Å². The first-order valence-electron chi connectivity index (χ1n) is 6.95. The molecule has 2 heterocycles. The van der Waals surface area contributed by atoms with Crippen LogP contribution in [0.2, 0.25) is 0 Å². The predicted octanol–water partition coefficient (Wildman–Crippen LogP) is 1.34. The molecule has 23 heavy (non-hydrogen) atoms. The van der Waals surface area contributed by atoms with Gasteiger partial charge in [-0.2, -0.15) is 4.98 Å². The smallest absolute Gasteiger partial charge is 0.285 e. The first kappa shape index (κ1) is 17.1. The zero-order valence-electron chi connectivity index (χ0n) is 12.2. The zero-order valence-corrected chi connectivity index (χ0v) is 13.0. The van der Waals surface area contributed by atoms with Crippen LogP contribution in [0.5, 0.6) is 0 Å². The topological polar surface area (TPSA) is 130 Å². The lowest BCUT2D eigenvalue weighted by Gasteiger charge is -2.17. The van der Waals surface area contributed by atoms with E-state index in [2.05, 4.69) is 10.1 Å². The fraction of sp³-hybridized carbons (Fsp3) is 0.462. The highest BCUT2D eigenvalue weighted by atomic mass is 35.5. The lowest BCUT2D eigenvalue weighted by molar-refractivity contribution is -0.385. The number of hydrogen-bond acceptors (Lipinski definition) is 7. The van der Waals surface area contributed by atoms with Gasteiger partial charge in [0.15, 0.2) is 5.82 Å². The molecule has 0 amide bonds. The van der Waals surface area contributed by atoms with E-state index in [1.807, 2.05) is 0 Å². The highest BCUT2D eigenvalue weighted by Crippen LogP contribution is 2.34. The van der Waals surface area contributed by atoms with Crippen LogP contribution >= 0.6 is 12.4 Å². The summed E-state index contributed by atoms with van der Waals surface area (Å²) >= 11 is 0. The van der Waals surface area contributed by atoms with Gasteiger partial charge in [0.1, 0.15) is 6.54 Å². The van der Waals surface area contributed by atoms with E-state index < -0.39 is 10.5 Å². The number of nitrogens with two attached hydrogens (primary N) is 1. The molecule has 0 radical (unpaired) electrons. The Bertz CT molecular complexity index is 766. The average Bonchev–Trinajstić information content (AvgIpc) is 3.11. The summed E-state index contributed by atoms with van der Waals surface area (Å²) in [5.74, 6) is 0.632. The van der Waals surface area contributed by atoms with Crippen molar-refractivity contribution in [3.63, 3.8) is 0 Å². The van der Waals surface area contributed by atoms with Crippen LogP contribution in [0.15, 0.2) is 27.6 Å². The highest BCUT2D eigenvalue weighted by molar-refractivity contribution is 5.85. The Morgan fingerprint density at radius 3 is 2.74 bits per heavy atom. The van der Waals surface area contributed by atoms with Gasteiger partial charge < -0.3 is 10.3 Å². The highest BCUT2D eigenvalue weighted by Gasteiger charge is 2.35. The third-order valence-electron chi connectivity index (χ3n) is 3.89. The molecule has 10 heteroatoms. The number of aromatic nitrogens is 3. The molecule has 3 rings (SSSR count). The number of nitro groups is 1. The van der Waals surface area contributed by atoms with Crippen molar-refractivity contribution in [2.45, 2.75) is 37.8 Å². The Morgan fingerprint density at radius 1 is 1.39 bits per heavy atom. The molecular weight excluding hydrogens is 326 g/mol. The quantitative estimate of drug-likeness (QED) is 0.655. The molecule has 0 aromatic carbocycles. The molecule has 0 aliphatic heterocycles. The minimum absolute atomic E-state index is 0. The Labute approximate surface area is 137 Å². The molecule has 1 saturated carbocycles. The van der Waals surface area contributed by atoms with Crippen molar-refractivity contribution in [1.82, 2.24) is 14.7 Å². The predicted molar refractivity (Wildman–Crippen MR) is 82.3 cm³/mol. The van der Waals surface area contributed by atoms with Crippen molar-refractivity contribution in [1.29, 1.82) is 0 Å². The Kier molecular flexibility index (Phi) is 4.81. The molecule has 0 saturated heterocycles. The van der Waals surface area contributed by atoms with Gasteiger partial charge in [0, 0.05) is 12.1 Å². The van der Waals surface area contributed by atoms with Crippen LogP contribution in [0, 0.1) is 10.1 Å². The monoisotopic (exact) mass is 341 g/mol. The molecule has 1 aliphatic rings. The van der Waals surface area contributed by atoms with Gasteiger partial charge in [0.05, 0.1) is 16.7 Å². The fourth-order valence-electron chi connectivity index (χ4n) is 2.65. The molecule has 2 N–H and O–H groups in total. The van der Waals surface area contributed by atoms with Crippen molar-refractivity contribution < 1.29 is 9.45 Å². The Balaban J connectivity index is 0.00000192. The second-order valence-electron chi connectivity index (χ2n) is 5.49. The van der Waals surface area contributed by atoms with Crippen molar-refractivity contribution in [2.75, 3.05) is 0 Å². The minimum Gasteiger partial charge on any atom is -0.337 e. The van der Waals surface area contributed by atoms with E-state index in [0.717, 1.165) is 48.6 Å². The van der Waals surface area contributed by atoms with Gasteiger partial charge >= 0.3 is 0 Å². The summed E-state index contributed by atoms with van der Waals surface area (Å²) in [4.78, 5) is 26.2. The summed E-state index contributed by atoms with van der Waals surface area (Å²) in [6, 6.07) is 2.29. The maximum absolute atomic E-state index is 11.8. The molecule has 1 aliphatic carbocycles. The van der Waals surface area contributed by atoms with E-state index in [1.165, 1.54) is 0 Å². The SMILES string of the molecule is Cl.NC1(c2noc(Cn3cc([N+](=O)[O-])ccc3=O)n2)CCCC1. The van der Waals surface area contributed by atoms with E-state index in [4.69, 9.17) is 10.3 Å². The summed E-state index contributed by atoms with van der Waals surface area (Å²) in [7, 11) is 0. The standard InChI is InChI=1S/C13H15N5O4.ClH/c14-13(5-1-2-6-13)12-15-10(22-16-12)8-17-7-9(18(20)21)3-4-11(17)19;/h3-4,7H,1-2,5-6,8,14H2;1H. The van der Waals surface area contributed by atoms with Crippen molar-refractivity contribution in [2.24, 2.45) is 5.73 Å². The van der Waals surface area contributed by atoms with Crippen molar-refractivity contribution in [3.05, 3.63) is 50.5 Å². The van der Waals surface area contributed by atoms with Gasteiger partial charge in [0.2, 0.25) is 5.89 Å². The molecule has 0 unspecified atom stereocenters. The van der Waals surface area contributed by atoms with Crippen LogP contribution in [0.3, 0.4) is 0 Å². The molecule has 0 atom stereocenters. The number of hydrogen-bond donors (Lipinski definition) is 1. The molecule has 9 nitrogen and oxygen atoms in total. The summed E-state index contributed by atoms with van der Waals surface area (Å²) in [5.41, 5.74) is 5.11. The number of nitrogens with zero attached hydrogens (tertiary/aromatic N) is 4. The molecule has 2 aromatic heterocycles. The number of rotatable bonds is 4. The third-order valence-corrected chi connectivity index (χ3v) is 3.89. The van der Waals surface area contributed by atoms with Crippen LogP contribution in [0.4, 0.5) is 5.69 Å². The van der Waals surface area contributed by atoms with E-state index in [0.29, 0.717) is 5.82 Å². The summed E-state index contributed by atoms with van der Waals surface area (Å²) < 4.78 is 6.29. The van der Waals surface area contributed by atoms with Crippen LogP contribution in [-0.2, 0) is 12.1 Å². The number of pyridine rings is 1. The van der Waals surface area contributed by atoms with E-state index >= 15 is 0 Å². The van der Waals surface area contributed by atoms with Crippen molar-refractivity contribution in [3.8, 4) is 0 Å². The average molecular weight is 342 g/mol.